The number of amides is 2. The van der Waals surface area contributed by atoms with Crippen molar-refractivity contribution >= 4 is 20.3 Å². The van der Waals surface area contributed by atoms with Crippen molar-refractivity contribution in [2.24, 2.45) is 5.73 Å². The molecular formula is C20H34N2O4Si. The van der Waals surface area contributed by atoms with Gasteiger partial charge in [-0.25, -0.2) is 4.79 Å². The molecule has 0 aliphatic heterocycles. The second-order valence-electron chi connectivity index (χ2n) is 9.31. The van der Waals surface area contributed by atoms with Gasteiger partial charge >= 0.3 is 6.09 Å². The van der Waals surface area contributed by atoms with Gasteiger partial charge in [-0.15, -0.1) is 0 Å². The molecule has 152 valence electrons. The van der Waals surface area contributed by atoms with Gasteiger partial charge in [-0.1, -0.05) is 32.9 Å². The average molecular weight is 395 g/mol. The third kappa shape index (κ3) is 7.62. The summed E-state index contributed by atoms with van der Waals surface area (Å²) in [6.45, 7) is 16.2. The van der Waals surface area contributed by atoms with E-state index in [1.54, 1.807) is 20.8 Å². The second-order valence-corrected chi connectivity index (χ2v) is 14.0. The van der Waals surface area contributed by atoms with Crippen LogP contribution in [0, 0.1) is 0 Å². The van der Waals surface area contributed by atoms with Crippen LogP contribution in [0.5, 0.6) is 5.75 Å². The highest BCUT2D eigenvalue weighted by molar-refractivity contribution is 6.74. The first-order valence-electron chi connectivity index (χ1n) is 9.17. The van der Waals surface area contributed by atoms with Gasteiger partial charge in [-0.05, 0) is 56.6 Å². The number of primary amides is 1. The molecule has 0 saturated carbocycles. The maximum absolute atomic E-state index is 11.9. The molecule has 0 spiro atoms. The first kappa shape index (κ1) is 23.0. The summed E-state index contributed by atoms with van der Waals surface area (Å²) >= 11 is 0. The van der Waals surface area contributed by atoms with E-state index in [2.05, 4.69) is 39.2 Å². The Hall–Kier alpha value is -2.02. The maximum atomic E-state index is 11.9. The minimum atomic E-state index is -1.91. The molecule has 0 aliphatic rings. The van der Waals surface area contributed by atoms with Crippen molar-refractivity contribution < 1.29 is 18.8 Å². The number of ether oxygens (including phenoxy) is 1. The van der Waals surface area contributed by atoms with Crippen molar-refractivity contribution in [3.8, 4) is 5.75 Å². The zero-order valence-corrected chi connectivity index (χ0v) is 18.8. The van der Waals surface area contributed by atoms with Crippen LogP contribution in [-0.4, -0.2) is 32.0 Å². The molecule has 27 heavy (non-hydrogen) atoms. The van der Waals surface area contributed by atoms with Gasteiger partial charge in [-0.2, -0.15) is 0 Å². The van der Waals surface area contributed by atoms with Gasteiger partial charge in [0.05, 0.1) is 0 Å². The lowest BCUT2D eigenvalue weighted by atomic mass is 10.1. The molecule has 1 atom stereocenters. The topological polar surface area (TPSA) is 90.7 Å². The third-order valence-corrected chi connectivity index (χ3v) is 8.94. The van der Waals surface area contributed by atoms with Gasteiger partial charge in [0.25, 0.3) is 0 Å². The summed E-state index contributed by atoms with van der Waals surface area (Å²) in [6.07, 6.45) is -0.376. The molecule has 3 N–H and O–H groups in total. The summed E-state index contributed by atoms with van der Waals surface area (Å²) in [4.78, 5) is 23.6. The molecule has 1 aromatic carbocycles. The number of alkyl carbamates (subject to hydrolysis) is 1. The third-order valence-electron chi connectivity index (χ3n) is 4.58. The Labute approximate surface area is 163 Å². The smallest absolute Gasteiger partial charge is 0.408 e. The number of carbonyl (C=O) groups is 2. The normalized spacial score (nSPS) is 13.6. The summed E-state index contributed by atoms with van der Waals surface area (Å²) in [5, 5.41) is 2.65. The summed E-state index contributed by atoms with van der Waals surface area (Å²) in [6, 6.07) is 6.71. The van der Waals surface area contributed by atoms with E-state index in [0.29, 0.717) is 0 Å². The van der Waals surface area contributed by atoms with Gasteiger partial charge in [0.2, 0.25) is 14.2 Å². The minimum Gasteiger partial charge on any atom is -0.544 e. The first-order valence-corrected chi connectivity index (χ1v) is 12.1. The molecule has 0 bridgehead atoms. The zero-order chi connectivity index (χ0) is 21.0. The van der Waals surface area contributed by atoms with Crippen LogP contribution >= 0.6 is 0 Å². The van der Waals surface area contributed by atoms with E-state index < -0.39 is 32.0 Å². The zero-order valence-electron chi connectivity index (χ0n) is 17.8. The molecule has 6 nitrogen and oxygen atoms in total. The van der Waals surface area contributed by atoms with Crippen molar-refractivity contribution in [2.45, 2.75) is 77.7 Å². The van der Waals surface area contributed by atoms with Crippen molar-refractivity contribution in [3.05, 3.63) is 29.8 Å². The number of carbonyl (C=O) groups excluding carboxylic acids is 2. The number of nitrogens with two attached hydrogens (primary N) is 1. The molecule has 1 aromatic rings. The van der Waals surface area contributed by atoms with Gasteiger partial charge in [0, 0.05) is 6.42 Å². The Balaban J connectivity index is 2.79. The van der Waals surface area contributed by atoms with E-state index in [9.17, 15) is 9.59 Å². The summed E-state index contributed by atoms with van der Waals surface area (Å²) in [5.41, 5.74) is 5.66. The SMILES string of the molecule is CC(C)(C)OC(=O)N[C@@H](Cc1ccc(O[Si](C)(C)C(C)(C)C)cc1)C(N)=O. The van der Waals surface area contributed by atoms with Crippen LogP contribution in [0.1, 0.15) is 47.1 Å². The van der Waals surface area contributed by atoms with Crippen LogP contribution in [0.2, 0.25) is 18.1 Å². The number of hydrogen-bond donors (Lipinski definition) is 2. The Morgan fingerprint density at radius 1 is 1.07 bits per heavy atom. The van der Waals surface area contributed by atoms with E-state index in [-0.39, 0.29) is 11.5 Å². The van der Waals surface area contributed by atoms with Crippen LogP contribution in [-0.2, 0) is 16.0 Å². The fourth-order valence-electron chi connectivity index (χ4n) is 2.05. The Morgan fingerprint density at radius 3 is 2.00 bits per heavy atom. The number of nitrogens with one attached hydrogen (secondary N) is 1. The van der Waals surface area contributed by atoms with Gasteiger partial charge in [0.15, 0.2) is 0 Å². The largest absolute Gasteiger partial charge is 0.544 e. The van der Waals surface area contributed by atoms with Crippen molar-refractivity contribution in [1.29, 1.82) is 0 Å². The number of hydrogen-bond acceptors (Lipinski definition) is 4. The van der Waals surface area contributed by atoms with E-state index in [1.807, 2.05) is 24.3 Å². The molecule has 0 aliphatic carbocycles. The quantitative estimate of drug-likeness (QED) is 0.714. The summed E-state index contributed by atoms with van der Waals surface area (Å²) in [5.74, 6) is 0.198. The predicted octanol–water partition coefficient (Wildman–Crippen LogP) is 3.99. The standard InChI is InChI=1S/C20H34N2O4Si/c1-19(2,3)25-18(24)22-16(17(21)23)13-14-9-11-15(12-10-14)26-27(7,8)20(4,5)6/h9-12,16H,13H2,1-8H3,(H2,21,23)(H,22,24)/t16-/m0/s1. The highest BCUT2D eigenvalue weighted by Gasteiger charge is 2.38. The van der Waals surface area contributed by atoms with E-state index in [0.717, 1.165) is 11.3 Å². The fourth-order valence-corrected chi connectivity index (χ4v) is 3.08. The first-order chi connectivity index (χ1) is 12.1. The van der Waals surface area contributed by atoms with Gasteiger partial charge in [-0.3, -0.25) is 4.79 Å². The molecule has 0 unspecified atom stereocenters. The Bertz CT molecular complexity index is 658. The molecule has 1 rings (SSSR count). The highest BCUT2D eigenvalue weighted by atomic mass is 28.4. The van der Waals surface area contributed by atoms with Crippen LogP contribution in [0.3, 0.4) is 0 Å². The van der Waals surface area contributed by atoms with E-state index >= 15 is 0 Å². The molecule has 7 heteroatoms. The summed E-state index contributed by atoms with van der Waals surface area (Å²) in [7, 11) is -1.91. The Morgan fingerprint density at radius 2 is 1.59 bits per heavy atom. The minimum absolute atomic E-state index is 0.111. The molecule has 0 aromatic heterocycles. The Kier molecular flexibility index (Phi) is 7.10. The number of benzene rings is 1. The van der Waals surface area contributed by atoms with Crippen molar-refractivity contribution in [3.63, 3.8) is 0 Å². The summed E-state index contributed by atoms with van der Waals surface area (Å²) < 4.78 is 11.4. The maximum Gasteiger partial charge on any atom is 0.408 e. The van der Waals surface area contributed by atoms with E-state index in [4.69, 9.17) is 14.9 Å². The van der Waals surface area contributed by atoms with Crippen LogP contribution in [0.25, 0.3) is 0 Å². The fraction of sp³-hybridized carbons (Fsp3) is 0.600. The number of rotatable bonds is 6. The highest BCUT2D eigenvalue weighted by Crippen LogP contribution is 2.37. The second kappa shape index (κ2) is 8.33. The lowest BCUT2D eigenvalue weighted by molar-refractivity contribution is -0.120. The van der Waals surface area contributed by atoms with Crippen molar-refractivity contribution in [2.75, 3.05) is 0 Å². The molecule has 0 saturated heterocycles. The molecule has 2 amide bonds. The molecule has 0 radical (unpaired) electrons. The lowest BCUT2D eigenvalue weighted by Crippen LogP contribution is -2.47. The average Bonchev–Trinajstić information content (AvgIpc) is 2.45. The lowest BCUT2D eigenvalue weighted by Gasteiger charge is -2.36. The van der Waals surface area contributed by atoms with Gasteiger partial charge < -0.3 is 20.2 Å². The van der Waals surface area contributed by atoms with Crippen LogP contribution in [0.15, 0.2) is 24.3 Å². The molecule has 0 heterocycles. The predicted molar refractivity (Wildman–Crippen MR) is 110 cm³/mol. The molecular weight excluding hydrogens is 360 g/mol. The molecule has 0 fully saturated rings. The van der Waals surface area contributed by atoms with E-state index in [1.165, 1.54) is 0 Å². The monoisotopic (exact) mass is 394 g/mol. The van der Waals surface area contributed by atoms with Crippen LogP contribution in [0.4, 0.5) is 4.79 Å². The van der Waals surface area contributed by atoms with Gasteiger partial charge in [0.1, 0.15) is 17.4 Å². The van der Waals surface area contributed by atoms with Crippen molar-refractivity contribution in [1.82, 2.24) is 5.32 Å². The van der Waals surface area contributed by atoms with Crippen LogP contribution < -0.4 is 15.5 Å².